The molecule has 3 fully saturated rings. The Bertz CT molecular complexity index is 260. The number of thiol groups is 1. The fourth-order valence-electron chi connectivity index (χ4n) is 4.83. The Hall–Kier alpha value is 0.350. The molecule has 0 aromatic carbocycles. The van der Waals surface area contributed by atoms with E-state index in [1.165, 1.54) is 6.42 Å². The number of rotatable bonds is 3. The van der Waals surface area contributed by atoms with Crippen LogP contribution in [0.4, 0.5) is 0 Å². The summed E-state index contributed by atoms with van der Waals surface area (Å²) in [5.41, 5.74) is 0.789. The van der Waals surface area contributed by atoms with E-state index in [9.17, 15) is 0 Å². The van der Waals surface area contributed by atoms with Crippen LogP contribution >= 0.6 is 12.6 Å². The van der Waals surface area contributed by atoms with Gasteiger partial charge in [-0.2, -0.15) is 12.6 Å². The molecular formula is C13H22S. The van der Waals surface area contributed by atoms with Gasteiger partial charge in [0.15, 0.2) is 0 Å². The van der Waals surface area contributed by atoms with E-state index < -0.39 is 0 Å². The van der Waals surface area contributed by atoms with E-state index in [-0.39, 0.29) is 0 Å². The second-order valence-electron chi connectivity index (χ2n) is 6.04. The van der Waals surface area contributed by atoms with Gasteiger partial charge in [0.1, 0.15) is 0 Å². The quantitative estimate of drug-likeness (QED) is 0.676. The van der Waals surface area contributed by atoms with Crippen molar-refractivity contribution in [2.75, 3.05) is 0 Å². The molecule has 0 aromatic heterocycles. The average molecular weight is 210 g/mol. The van der Waals surface area contributed by atoms with Gasteiger partial charge in [0.05, 0.1) is 0 Å². The molecule has 80 valence electrons. The predicted molar refractivity (Wildman–Crippen MR) is 63.5 cm³/mol. The third kappa shape index (κ3) is 0.847. The minimum absolute atomic E-state index is 0.599. The normalized spacial score (nSPS) is 57.4. The average Bonchev–Trinajstić information content (AvgIpc) is 2.73. The van der Waals surface area contributed by atoms with Gasteiger partial charge in [-0.05, 0) is 47.8 Å². The number of fused-ring (bicyclic) bond motifs is 4. The molecule has 7 atom stereocenters. The van der Waals surface area contributed by atoms with Gasteiger partial charge < -0.3 is 0 Å². The van der Waals surface area contributed by atoms with Crippen molar-refractivity contribution in [1.29, 1.82) is 0 Å². The van der Waals surface area contributed by atoms with Crippen LogP contribution < -0.4 is 0 Å². The standard InChI is InChI=1S/C13H22S/c1-4-9-5-10-12(9)11-6-13(10,11)7(2)8(3)14/h7-12,14H,4-6H2,1-3H3. The Morgan fingerprint density at radius 3 is 2.57 bits per heavy atom. The van der Waals surface area contributed by atoms with Gasteiger partial charge >= 0.3 is 0 Å². The van der Waals surface area contributed by atoms with Crippen LogP contribution in [0.25, 0.3) is 0 Å². The summed E-state index contributed by atoms with van der Waals surface area (Å²) in [5, 5.41) is 0.599. The first-order valence-electron chi connectivity index (χ1n) is 6.31. The lowest BCUT2D eigenvalue weighted by Crippen LogP contribution is -2.55. The highest BCUT2D eigenvalue weighted by Crippen LogP contribution is 2.85. The molecule has 0 bridgehead atoms. The summed E-state index contributed by atoms with van der Waals surface area (Å²) in [4.78, 5) is 0. The van der Waals surface area contributed by atoms with Gasteiger partial charge in [-0.1, -0.05) is 27.2 Å². The molecule has 0 aromatic rings. The van der Waals surface area contributed by atoms with Crippen molar-refractivity contribution in [2.45, 2.75) is 45.3 Å². The second kappa shape index (κ2) is 2.72. The highest BCUT2D eigenvalue weighted by molar-refractivity contribution is 7.80. The molecule has 14 heavy (non-hydrogen) atoms. The van der Waals surface area contributed by atoms with Crippen molar-refractivity contribution >= 4 is 12.6 Å². The summed E-state index contributed by atoms with van der Waals surface area (Å²) in [5.74, 6) is 5.34. The van der Waals surface area contributed by atoms with Crippen molar-refractivity contribution in [3.63, 3.8) is 0 Å². The third-order valence-electron chi connectivity index (χ3n) is 5.92. The smallest absolute Gasteiger partial charge is 0.00196 e. The van der Waals surface area contributed by atoms with Crippen LogP contribution in [0.5, 0.6) is 0 Å². The highest BCUT2D eigenvalue weighted by atomic mass is 32.1. The zero-order chi connectivity index (χ0) is 10.1. The number of hydrogen-bond acceptors (Lipinski definition) is 1. The Morgan fingerprint density at radius 1 is 1.36 bits per heavy atom. The molecule has 0 saturated heterocycles. The van der Waals surface area contributed by atoms with Crippen LogP contribution in [0.3, 0.4) is 0 Å². The summed E-state index contributed by atoms with van der Waals surface area (Å²) < 4.78 is 0. The minimum Gasteiger partial charge on any atom is -0.176 e. The van der Waals surface area contributed by atoms with Crippen LogP contribution in [0.1, 0.15) is 40.0 Å². The van der Waals surface area contributed by atoms with Gasteiger partial charge in [0.2, 0.25) is 0 Å². The van der Waals surface area contributed by atoms with Crippen LogP contribution in [-0.2, 0) is 0 Å². The van der Waals surface area contributed by atoms with Gasteiger partial charge in [-0.15, -0.1) is 0 Å². The SMILES string of the molecule is CCC1CC2C1C1CC21C(C)C(C)S. The van der Waals surface area contributed by atoms with Crippen molar-refractivity contribution in [3.8, 4) is 0 Å². The summed E-state index contributed by atoms with van der Waals surface area (Å²) >= 11 is 4.64. The molecule has 0 heterocycles. The topological polar surface area (TPSA) is 0 Å². The molecule has 0 aliphatic heterocycles. The van der Waals surface area contributed by atoms with Crippen LogP contribution in [0, 0.1) is 35.0 Å². The zero-order valence-corrected chi connectivity index (χ0v) is 10.4. The lowest BCUT2D eigenvalue weighted by molar-refractivity contribution is -0.119. The van der Waals surface area contributed by atoms with Crippen molar-refractivity contribution in [2.24, 2.45) is 35.0 Å². The fraction of sp³-hybridized carbons (Fsp3) is 1.00. The zero-order valence-electron chi connectivity index (χ0n) is 9.53. The van der Waals surface area contributed by atoms with E-state index in [1.807, 2.05) is 0 Å². The molecule has 0 radical (unpaired) electrons. The second-order valence-corrected chi connectivity index (χ2v) is 6.85. The largest absolute Gasteiger partial charge is 0.176 e. The van der Waals surface area contributed by atoms with E-state index in [0.29, 0.717) is 5.25 Å². The Kier molecular flexibility index (Phi) is 1.86. The number of hydrogen-bond donors (Lipinski definition) is 1. The van der Waals surface area contributed by atoms with E-state index >= 15 is 0 Å². The minimum atomic E-state index is 0.599. The van der Waals surface area contributed by atoms with Gasteiger partial charge in [-0.3, -0.25) is 0 Å². The monoisotopic (exact) mass is 210 g/mol. The molecule has 0 amide bonds. The maximum atomic E-state index is 4.64. The van der Waals surface area contributed by atoms with E-state index in [2.05, 4.69) is 33.4 Å². The molecule has 3 saturated carbocycles. The van der Waals surface area contributed by atoms with Crippen molar-refractivity contribution in [1.82, 2.24) is 0 Å². The van der Waals surface area contributed by atoms with Gasteiger partial charge in [-0.25, -0.2) is 0 Å². The van der Waals surface area contributed by atoms with E-state index in [4.69, 9.17) is 0 Å². The lowest BCUT2D eigenvalue weighted by atomic mass is 9.45. The van der Waals surface area contributed by atoms with E-state index in [0.717, 1.165) is 35.0 Å². The Morgan fingerprint density at radius 2 is 2.07 bits per heavy atom. The maximum absolute atomic E-state index is 4.64. The first-order valence-corrected chi connectivity index (χ1v) is 6.82. The van der Waals surface area contributed by atoms with Gasteiger partial charge in [0, 0.05) is 5.25 Å². The summed E-state index contributed by atoms with van der Waals surface area (Å²) in [7, 11) is 0. The summed E-state index contributed by atoms with van der Waals surface area (Å²) in [6, 6.07) is 0. The molecule has 0 spiro atoms. The molecule has 3 rings (SSSR count). The van der Waals surface area contributed by atoms with Crippen LogP contribution in [0.15, 0.2) is 0 Å². The predicted octanol–water partition coefficient (Wildman–Crippen LogP) is 3.62. The van der Waals surface area contributed by atoms with Crippen LogP contribution in [-0.4, -0.2) is 5.25 Å². The van der Waals surface area contributed by atoms with Gasteiger partial charge in [0.25, 0.3) is 0 Å². The summed E-state index contributed by atoms with van der Waals surface area (Å²) in [6.07, 6.45) is 4.52. The molecule has 1 heteroatoms. The molecule has 3 aliphatic carbocycles. The Labute approximate surface area is 93.3 Å². The third-order valence-corrected chi connectivity index (χ3v) is 6.37. The highest BCUT2D eigenvalue weighted by Gasteiger charge is 2.79. The maximum Gasteiger partial charge on any atom is 0.00196 e. The summed E-state index contributed by atoms with van der Waals surface area (Å²) in [6.45, 7) is 7.09. The van der Waals surface area contributed by atoms with Crippen molar-refractivity contribution < 1.29 is 0 Å². The lowest BCUT2D eigenvalue weighted by Gasteiger charge is -2.60. The molecule has 7 unspecified atom stereocenters. The van der Waals surface area contributed by atoms with Crippen LogP contribution in [0.2, 0.25) is 0 Å². The molecular weight excluding hydrogens is 188 g/mol. The molecule has 0 nitrogen and oxygen atoms in total. The van der Waals surface area contributed by atoms with E-state index in [1.54, 1.807) is 12.8 Å². The molecule has 0 N–H and O–H groups in total. The Balaban J connectivity index is 1.71. The first-order chi connectivity index (χ1) is 6.63. The molecule has 3 aliphatic rings. The first kappa shape index (κ1) is 9.57. The fourth-order valence-corrected chi connectivity index (χ4v) is 5.11. The van der Waals surface area contributed by atoms with Crippen molar-refractivity contribution in [3.05, 3.63) is 0 Å².